The van der Waals surface area contributed by atoms with Crippen LogP contribution >= 0.6 is 11.8 Å². The Labute approximate surface area is 96.5 Å². The van der Waals surface area contributed by atoms with E-state index in [9.17, 15) is 0 Å². The fraction of sp³-hybridized carbons (Fsp3) is 0.818. The average Bonchev–Trinajstić information content (AvgIpc) is 2.52. The van der Waals surface area contributed by atoms with Crippen molar-refractivity contribution in [3.63, 3.8) is 0 Å². The molecule has 2 atom stereocenters. The van der Waals surface area contributed by atoms with Gasteiger partial charge in [0.15, 0.2) is 0 Å². The van der Waals surface area contributed by atoms with Crippen LogP contribution in [0.3, 0.4) is 0 Å². The third kappa shape index (κ3) is 2.32. The SMILES string of the molecule is CCCN[C@H]1CCC2=C(C1)SC(N)N2C. The molecule has 0 aromatic heterocycles. The van der Waals surface area contributed by atoms with Gasteiger partial charge < -0.3 is 16.0 Å². The Bertz CT molecular complexity index is 265. The van der Waals surface area contributed by atoms with Crippen LogP contribution in [-0.2, 0) is 0 Å². The lowest BCUT2D eigenvalue weighted by atomic mass is 9.98. The molecule has 0 bridgehead atoms. The van der Waals surface area contributed by atoms with Crippen molar-refractivity contribution in [2.75, 3.05) is 13.6 Å². The highest BCUT2D eigenvalue weighted by atomic mass is 32.2. The standard InChI is InChI=1S/C11H21N3S/c1-3-6-13-8-4-5-9-10(7-8)15-11(12)14(9)2/h8,11,13H,3-7,12H2,1-2H3/t8-,11?/m0/s1. The van der Waals surface area contributed by atoms with E-state index in [2.05, 4.69) is 24.2 Å². The van der Waals surface area contributed by atoms with Crippen LogP contribution in [0.4, 0.5) is 0 Å². The lowest BCUT2D eigenvalue weighted by Gasteiger charge is -2.26. The summed E-state index contributed by atoms with van der Waals surface area (Å²) in [6.07, 6.45) is 4.84. The minimum Gasteiger partial charge on any atom is -0.353 e. The van der Waals surface area contributed by atoms with Crippen LogP contribution in [0.5, 0.6) is 0 Å². The topological polar surface area (TPSA) is 41.3 Å². The highest BCUT2D eigenvalue weighted by Crippen LogP contribution is 2.42. The van der Waals surface area contributed by atoms with Gasteiger partial charge in [0.25, 0.3) is 0 Å². The van der Waals surface area contributed by atoms with Crippen molar-refractivity contribution in [2.24, 2.45) is 5.73 Å². The van der Waals surface area contributed by atoms with Crippen molar-refractivity contribution in [2.45, 2.75) is 44.1 Å². The van der Waals surface area contributed by atoms with Crippen LogP contribution in [0, 0.1) is 0 Å². The normalized spacial score (nSPS) is 31.0. The number of hydrogen-bond acceptors (Lipinski definition) is 4. The first kappa shape index (κ1) is 11.3. The summed E-state index contributed by atoms with van der Waals surface area (Å²) in [6.45, 7) is 3.36. The van der Waals surface area contributed by atoms with Gasteiger partial charge in [-0.25, -0.2) is 0 Å². The molecule has 86 valence electrons. The molecule has 2 aliphatic rings. The van der Waals surface area contributed by atoms with Gasteiger partial charge in [-0.05, 0) is 32.2 Å². The van der Waals surface area contributed by atoms with Crippen LogP contribution in [-0.4, -0.2) is 30.0 Å². The fourth-order valence-electron chi connectivity index (χ4n) is 2.28. The zero-order valence-electron chi connectivity index (χ0n) is 9.62. The summed E-state index contributed by atoms with van der Waals surface area (Å²) in [5.74, 6) is 0. The molecule has 0 spiro atoms. The summed E-state index contributed by atoms with van der Waals surface area (Å²) in [6, 6.07) is 0.676. The summed E-state index contributed by atoms with van der Waals surface area (Å²) in [5, 5.41) is 3.61. The largest absolute Gasteiger partial charge is 0.353 e. The van der Waals surface area contributed by atoms with Crippen LogP contribution < -0.4 is 11.1 Å². The number of nitrogens with two attached hydrogens (primary N) is 1. The minimum absolute atomic E-state index is 0.153. The van der Waals surface area contributed by atoms with Crippen LogP contribution in [0.1, 0.15) is 32.6 Å². The summed E-state index contributed by atoms with van der Waals surface area (Å²) < 4.78 is 0. The van der Waals surface area contributed by atoms with Gasteiger partial charge >= 0.3 is 0 Å². The monoisotopic (exact) mass is 227 g/mol. The Morgan fingerprint density at radius 2 is 2.40 bits per heavy atom. The highest BCUT2D eigenvalue weighted by molar-refractivity contribution is 8.03. The van der Waals surface area contributed by atoms with Gasteiger partial charge in [0.2, 0.25) is 0 Å². The number of nitrogens with one attached hydrogen (secondary N) is 1. The molecule has 1 aliphatic carbocycles. The third-order valence-corrected chi connectivity index (χ3v) is 4.48. The van der Waals surface area contributed by atoms with Crippen molar-refractivity contribution >= 4 is 11.8 Å². The molecule has 0 aromatic carbocycles. The van der Waals surface area contributed by atoms with Crippen LogP contribution in [0.2, 0.25) is 0 Å². The first-order chi connectivity index (χ1) is 7.22. The Hall–Kier alpha value is -0.190. The smallest absolute Gasteiger partial charge is 0.129 e. The minimum atomic E-state index is 0.153. The summed E-state index contributed by atoms with van der Waals surface area (Å²) >= 11 is 1.84. The molecule has 15 heavy (non-hydrogen) atoms. The van der Waals surface area contributed by atoms with Gasteiger partial charge in [0.05, 0.1) is 0 Å². The predicted octanol–water partition coefficient (Wildman–Crippen LogP) is 1.67. The molecule has 2 rings (SSSR count). The van der Waals surface area contributed by atoms with Crippen LogP contribution in [0.25, 0.3) is 0 Å². The van der Waals surface area contributed by atoms with Gasteiger partial charge in [-0.1, -0.05) is 18.7 Å². The van der Waals surface area contributed by atoms with E-state index in [0.717, 1.165) is 6.54 Å². The highest BCUT2D eigenvalue weighted by Gasteiger charge is 2.31. The Kier molecular flexibility index (Phi) is 3.59. The molecular formula is C11H21N3S. The Morgan fingerprint density at radius 3 is 3.13 bits per heavy atom. The quantitative estimate of drug-likeness (QED) is 0.769. The van der Waals surface area contributed by atoms with E-state index < -0.39 is 0 Å². The molecule has 0 saturated heterocycles. The van der Waals surface area contributed by atoms with Gasteiger partial charge in [0.1, 0.15) is 5.50 Å². The molecule has 1 aliphatic heterocycles. The van der Waals surface area contributed by atoms with E-state index in [0.29, 0.717) is 6.04 Å². The zero-order chi connectivity index (χ0) is 10.8. The molecule has 1 heterocycles. The Morgan fingerprint density at radius 1 is 1.60 bits per heavy atom. The van der Waals surface area contributed by atoms with E-state index in [1.165, 1.54) is 36.3 Å². The maximum Gasteiger partial charge on any atom is 0.129 e. The van der Waals surface area contributed by atoms with E-state index >= 15 is 0 Å². The van der Waals surface area contributed by atoms with Gasteiger partial charge in [-0.3, -0.25) is 0 Å². The van der Waals surface area contributed by atoms with Crippen molar-refractivity contribution in [1.29, 1.82) is 0 Å². The molecule has 1 unspecified atom stereocenters. The van der Waals surface area contributed by atoms with Crippen LogP contribution in [0.15, 0.2) is 10.6 Å². The molecule has 4 heteroatoms. The van der Waals surface area contributed by atoms with Gasteiger partial charge in [-0.2, -0.15) is 0 Å². The van der Waals surface area contributed by atoms with Crippen molar-refractivity contribution in [3.8, 4) is 0 Å². The molecule has 0 amide bonds. The zero-order valence-corrected chi connectivity index (χ0v) is 10.4. The molecule has 0 saturated carbocycles. The maximum absolute atomic E-state index is 6.01. The molecular weight excluding hydrogens is 206 g/mol. The number of rotatable bonds is 3. The van der Waals surface area contributed by atoms with Crippen molar-refractivity contribution in [1.82, 2.24) is 10.2 Å². The van der Waals surface area contributed by atoms with Crippen molar-refractivity contribution in [3.05, 3.63) is 10.6 Å². The second-order valence-corrected chi connectivity index (χ2v) is 5.59. The second-order valence-electron chi connectivity index (χ2n) is 4.38. The maximum atomic E-state index is 6.01. The lowest BCUT2D eigenvalue weighted by molar-refractivity contribution is 0.361. The van der Waals surface area contributed by atoms with E-state index in [1.807, 2.05) is 11.8 Å². The molecule has 3 N–H and O–H groups in total. The number of allylic oxidation sites excluding steroid dienone is 1. The predicted molar refractivity (Wildman–Crippen MR) is 66.3 cm³/mol. The molecule has 0 fully saturated rings. The third-order valence-electron chi connectivity index (χ3n) is 3.24. The van der Waals surface area contributed by atoms with Gasteiger partial charge in [0, 0.05) is 23.7 Å². The second kappa shape index (κ2) is 4.76. The first-order valence-corrected chi connectivity index (χ1v) is 6.70. The number of thioether (sulfide) groups is 1. The molecule has 0 aromatic rings. The Balaban J connectivity index is 1.94. The fourth-order valence-corrected chi connectivity index (χ4v) is 3.54. The summed E-state index contributed by atoms with van der Waals surface area (Å²) in [4.78, 5) is 3.75. The lowest BCUT2D eigenvalue weighted by Crippen LogP contribution is -2.34. The average molecular weight is 227 g/mol. The summed E-state index contributed by atoms with van der Waals surface area (Å²) in [5.41, 5.74) is 7.65. The number of hydrogen-bond donors (Lipinski definition) is 2. The molecule has 0 radical (unpaired) electrons. The van der Waals surface area contributed by atoms with E-state index in [-0.39, 0.29) is 5.50 Å². The van der Waals surface area contributed by atoms with E-state index in [1.54, 1.807) is 0 Å². The van der Waals surface area contributed by atoms with Gasteiger partial charge in [-0.15, -0.1) is 0 Å². The molecule has 3 nitrogen and oxygen atoms in total. The number of nitrogens with zero attached hydrogens (tertiary/aromatic N) is 1. The van der Waals surface area contributed by atoms with E-state index in [4.69, 9.17) is 5.73 Å². The van der Waals surface area contributed by atoms with Crippen molar-refractivity contribution < 1.29 is 0 Å². The summed E-state index contributed by atoms with van der Waals surface area (Å²) in [7, 11) is 2.11. The first-order valence-electron chi connectivity index (χ1n) is 5.83.